The summed E-state index contributed by atoms with van der Waals surface area (Å²) in [6.45, 7) is 6.26. The summed E-state index contributed by atoms with van der Waals surface area (Å²) in [6, 6.07) is 0. The number of epoxide rings is 1. The smallest absolute Gasteiger partial charge is 0.377 e. The second kappa shape index (κ2) is 9.14. The summed E-state index contributed by atoms with van der Waals surface area (Å²) < 4.78 is 19.3. The van der Waals surface area contributed by atoms with Gasteiger partial charge in [0.25, 0.3) is 0 Å². The molecule has 1 aliphatic heterocycles. The van der Waals surface area contributed by atoms with Gasteiger partial charge in [0.2, 0.25) is 0 Å². The normalized spacial score (nSPS) is 16.2. The van der Waals surface area contributed by atoms with Gasteiger partial charge in [-0.05, 0) is 12.3 Å². The molecule has 1 rings (SSSR count). The first kappa shape index (κ1) is 16.1. The molecule has 5 nitrogen and oxygen atoms in total. The standard InChI is InChI=1S/C8H19O4P.C2H4O/c1-3-5-6-8(4-2)7-12-13(9,10)11;1-2-3-1/h8H,3-7H2,1-2H3,(H2,9,10,11);1-2H2. The SMILES string of the molecule is C1CO1.CCCCC(CC)COP(=O)(O)O. The average molecular weight is 254 g/mol. The maximum Gasteiger partial charge on any atom is 0.469 e. The predicted molar refractivity (Wildman–Crippen MR) is 62.1 cm³/mol. The fraction of sp³-hybridized carbons (Fsp3) is 1.00. The highest BCUT2D eigenvalue weighted by atomic mass is 31.2. The maximum absolute atomic E-state index is 10.4. The molecule has 0 aromatic rings. The third-order valence-corrected chi connectivity index (χ3v) is 2.71. The zero-order valence-corrected chi connectivity index (χ0v) is 11.0. The lowest BCUT2D eigenvalue weighted by Gasteiger charge is -2.14. The van der Waals surface area contributed by atoms with Crippen molar-refractivity contribution in [3.63, 3.8) is 0 Å². The Morgan fingerprint density at radius 2 is 1.94 bits per heavy atom. The van der Waals surface area contributed by atoms with Crippen LogP contribution in [-0.2, 0) is 13.8 Å². The van der Waals surface area contributed by atoms with Crippen LogP contribution in [0.4, 0.5) is 0 Å². The van der Waals surface area contributed by atoms with Crippen molar-refractivity contribution in [3.05, 3.63) is 0 Å². The van der Waals surface area contributed by atoms with Gasteiger partial charge in [0.15, 0.2) is 0 Å². The van der Waals surface area contributed by atoms with Gasteiger partial charge in [0, 0.05) is 0 Å². The van der Waals surface area contributed by atoms with Gasteiger partial charge in [0.05, 0.1) is 19.8 Å². The Morgan fingerprint density at radius 3 is 2.25 bits per heavy atom. The Hall–Kier alpha value is 0.0700. The van der Waals surface area contributed by atoms with E-state index in [0.29, 0.717) is 0 Å². The van der Waals surface area contributed by atoms with Crippen LogP contribution in [0.2, 0.25) is 0 Å². The van der Waals surface area contributed by atoms with Crippen molar-refractivity contribution in [1.29, 1.82) is 0 Å². The van der Waals surface area contributed by atoms with Gasteiger partial charge in [-0.25, -0.2) is 4.57 Å². The van der Waals surface area contributed by atoms with Gasteiger partial charge in [-0.1, -0.05) is 33.1 Å². The number of phosphoric acid groups is 1. The topological polar surface area (TPSA) is 79.3 Å². The van der Waals surface area contributed by atoms with Crippen LogP contribution in [0.1, 0.15) is 39.5 Å². The van der Waals surface area contributed by atoms with E-state index in [9.17, 15) is 4.57 Å². The molecule has 0 amide bonds. The van der Waals surface area contributed by atoms with E-state index in [4.69, 9.17) is 9.79 Å². The second-order valence-electron chi connectivity index (χ2n) is 3.82. The Bertz CT molecular complexity index is 199. The van der Waals surface area contributed by atoms with Crippen LogP contribution in [0.3, 0.4) is 0 Å². The van der Waals surface area contributed by atoms with Crippen LogP contribution in [-0.4, -0.2) is 29.6 Å². The third kappa shape index (κ3) is 14.1. The zero-order chi connectivity index (χ0) is 12.4. The highest BCUT2D eigenvalue weighted by Crippen LogP contribution is 2.36. The number of unbranched alkanes of at least 4 members (excludes halogenated alkanes) is 1. The number of phosphoric ester groups is 1. The molecule has 0 saturated carbocycles. The molecule has 1 saturated heterocycles. The van der Waals surface area contributed by atoms with E-state index in [1.807, 2.05) is 6.92 Å². The first-order valence-corrected chi connectivity index (χ1v) is 7.30. The molecule has 98 valence electrons. The minimum Gasteiger partial charge on any atom is -0.377 e. The number of hydrogen-bond acceptors (Lipinski definition) is 3. The molecule has 0 aromatic carbocycles. The minimum atomic E-state index is -4.26. The molecular formula is C10H23O5P. The number of hydrogen-bond donors (Lipinski definition) is 2. The van der Waals surface area contributed by atoms with Crippen LogP contribution in [0.5, 0.6) is 0 Å². The highest BCUT2D eigenvalue weighted by Gasteiger charge is 2.16. The summed E-state index contributed by atoms with van der Waals surface area (Å²) in [5.41, 5.74) is 0. The summed E-state index contributed by atoms with van der Waals surface area (Å²) in [4.78, 5) is 17.0. The summed E-state index contributed by atoms with van der Waals surface area (Å²) in [6.07, 6.45) is 4.07. The summed E-state index contributed by atoms with van der Waals surface area (Å²) in [5, 5.41) is 0. The molecule has 1 aliphatic rings. The van der Waals surface area contributed by atoms with Crippen molar-refractivity contribution in [3.8, 4) is 0 Å². The number of rotatable bonds is 7. The van der Waals surface area contributed by atoms with Gasteiger partial charge in [-0.15, -0.1) is 0 Å². The van der Waals surface area contributed by atoms with Crippen molar-refractivity contribution < 1.29 is 23.6 Å². The first-order chi connectivity index (χ1) is 7.49. The molecule has 1 unspecified atom stereocenters. The van der Waals surface area contributed by atoms with Crippen molar-refractivity contribution in [2.24, 2.45) is 5.92 Å². The Labute approximate surface area is 97.4 Å². The fourth-order valence-corrected chi connectivity index (χ4v) is 1.51. The van der Waals surface area contributed by atoms with Crippen molar-refractivity contribution in [2.75, 3.05) is 19.8 Å². The molecule has 16 heavy (non-hydrogen) atoms. The van der Waals surface area contributed by atoms with Crippen LogP contribution < -0.4 is 0 Å². The molecule has 0 radical (unpaired) electrons. The molecule has 0 aromatic heterocycles. The van der Waals surface area contributed by atoms with Gasteiger partial charge >= 0.3 is 7.82 Å². The molecule has 1 atom stereocenters. The first-order valence-electron chi connectivity index (χ1n) is 5.77. The molecule has 2 N–H and O–H groups in total. The van der Waals surface area contributed by atoms with Gasteiger partial charge in [0.1, 0.15) is 0 Å². The summed E-state index contributed by atoms with van der Waals surface area (Å²) in [7, 11) is -4.26. The number of ether oxygens (including phenoxy) is 1. The quantitative estimate of drug-likeness (QED) is 0.538. The lowest BCUT2D eigenvalue weighted by atomic mass is 10.0. The van der Waals surface area contributed by atoms with Gasteiger partial charge in [-0.2, -0.15) is 0 Å². The second-order valence-corrected chi connectivity index (χ2v) is 5.05. The molecule has 0 bridgehead atoms. The van der Waals surface area contributed by atoms with Crippen molar-refractivity contribution >= 4 is 7.82 Å². The average Bonchev–Trinajstić information content (AvgIpc) is 3.03. The maximum atomic E-state index is 10.4. The Balaban J connectivity index is 0.000000635. The predicted octanol–water partition coefficient (Wildman–Crippen LogP) is 2.33. The largest absolute Gasteiger partial charge is 0.469 e. The van der Waals surface area contributed by atoms with Crippen molar-refractivity contribution in [1.82, 2.24) is 0 Å². The Morgan fingerprint density at radius 1 is 1.38 bits per heavy atom. The van der Waals surface area contributed by atoms with E-state index in [1.165, 1.54) is 0 Å². The lowest BCUT2D eigenvalue weighted by Crippen LogP contribution is -2.07. The van der Waals surface area contributed by atoms with Gasteiger partial charge < -0.3 is 14.5 Å². The molecule has 6 heteroatoms. The zero-order valence-electron chi connectivity index (χ0n) is 10.1. The molecule has 0 spiro atoms. The van der Waals surface area contributed by atoms with Crippen LogP contribution in [0.25, 0.3) is 0 Å². The summed E-state index contributed by atoms with van der Waals surface area (Å²) >= 11 is 0. The van der Waals surface area contributed by atoms with E-state index in [2.05, 4.69) is 16.2 Å². The Kier molecular flexibility index (Phi) is 9.18. The minimum absolute atomic E-state index is 0.167. The monoisotopic (exact) mass is 254 g/mol. The van der Waals surface area contributed by atoms with Crippen LogP contribution in [0.15, 0.2) is 0 Å². The van der Waals surface area contributed by atoms with E-state index in [0.717, 1.165) is 38.9 Å². The highest BCUT2D eigenvalue weighted by molar-refractivity contribution is 7.46. The lowest BCUT2D eigenvalue weighted by molar-refractivity contribution is 0.161. The van der Waals surface area contributed by atoms with E-state index in [1.54, 1.807) is 0 Å². The molecule has 0 aliphatic carbocycles. The fourth-order valence-electron chi connectivity index (χ4n) is 1.10. The molecule has 1 heterocycles. The van der Waals surface area contributed by atoms with E-state index in [-0.39, 0.29) is 12.5 Å². The molecule has 1 fully saturated rings. The third-order valence-electron chi connectivity index (χ3n) is 2.23. The molecular weight excluding hydrogens is 231 g/mol. The van der Waals surface area contributed by atoms with E-state index >= 15 is 0 Å². The van der Waals surface area contributed by atoms with Gasteiger partial charge in [-0.3, -0.25) is 4.52 Å². The van der Waals surface area contributed by atoms with Crippen LogP contribution >= 0.6 is 7.82 Å². The summed E-state index contributed by atoms with van der Waals surface area (Å²) in [5.74, 6) is 0.271. The van der Waals surface area contributed by atoms with Crippen molar-refractivity contribution in [2.45, 2.75) is 39.5 Å². The van der Waals surface area contributed by atoms with Crippen LogP contribution in [0, 0.1) is 5.92 Å². The van der Waals surface area contributed by atoms with E-state index < -0.39 is 7.82 Å².